The maximum absolute atomic E-state index is 13.6. The van der Waals surface area contributed by atoms with Gasteiger partial charge >= 0.3 is 5.97 Å². The van der Waals surface area contributed by atoms with Crippen molar-refractivity contribution >= 4 is 16.9 Å². The molecule has 2 heterocycles. The number of nitrogens with zero attached hydrogens (tertiary/aromatic N) is 1. The second-order valence-corrected chi connectivity index (χ2v) is 8.29. The molecule has 1 aliphatic heterocycles. The van der Waals surface area contributed by atoms with Gasteiger partial charge in [-0.05, 0) is 37.3 Å². The minimum Gasteiger partial charge on any atom is -0.493 e. The third-order valence-corrected chi connectivity index (χ3v) is 6.23. The van der Waals surface area contributed by atoms with E-state index in [-0.39, 0.29) is 23.0 Å². The van der Waals surface area contributed by atoms with Gasteiger partial charge in [0.1, 0.15) is 34.5 Å². The first-order chi connectivity index (χ1) is 17.9. The number of esters is 1. The second-order valence-electron chi connectivity index (χ2n) is 8.29. The molecule has 0 saturated carbocycles. The zero-order chi connectivity index (χ0) is 26.3. The van der Waals surface area contributed by atoms with Gasteiger partial charge in [0.25, 0.3) is 0 Å². The molecule has 1 unspecified atom stereocenters. The summed E-state index contributed by atoms with van der Waals surface area (Å²) in [5, 5.41) is 10.4. The van der Waals surface area contributed by atoms with Crippen LogP contribution in [0, 0.1) is 24.1 Å². The molecule has 5 rings (SSSR count). The molecule has 1 aromatic heterocycles. The minimum atomic E-state index is -0.753. The van der Waals surface area contributed by atoms with Crippen molar-refractivity contribution in [2.24, 2.45) is 5.73 Å². The number of allylic oxidation sites excluding steroid dienone is 1. The Labute approximate surface area is 211 Å². The number of ether oxygens (including phenoxy) is 4. The van der Waals surface area contributed by atoms with Crippen molar-refractivity contribution in [2.45, 2.75) is 12.8 Å². The highest BCUT2D eigenvalue weighted by Gasteiger charge is 2.34. The molecule has 0 saturated heterocycles. The first-order valence-corrected chi connectivity index (χ1v) is 11.2. The quantitative estimate of drug-likeness (QED) is 0.288. The number of carbonyl (C=O) groups excluding carboxylic acids is 1. The van der Waals surface area contributed by atoms with E-state index in [9.17, 15) is 14.4 Å². The van der Waals surface area contributed by atoms with Crippen molar-refractivity contribution in [1.29, 1.82) is 5.26 Å². The van der Waals surface area contributed by atoms with Gasteiger partial charge in [-0.15, -0.1) is 0 Å². The molecule has 3 aromatic carbocycles. The molecule has 0 bridgehead atoms. The van der Waals surface area contributed by atoms with Crippen LogP contribution in [0.1, 0.15) is 33.2 Å². The average Bonchev–Trinajstić information content (AvgIpc) is 3.22. The van der Waals surface area contributed by atoms with Crippen LogP contribution in [0.2, 0.25) is 0 Å². The van der Waals surface area contributed by atoms with Gasteiger partial charge in [0.15, 0.2) is 11.5 Å². The van der Waals surface area contributed by atoms with Crippen LogP contribution in [-0.4, -0.2) is 20.2 Å². The number of aryl methyl sites for hydroxylation is 1. The molecule has 0 fully saturated rings. The fraction of sp³-hybridized carbons (Fsp3) is 0.143. The van der Waals surface area contributed by atoms with Gasteiger partial charge in [-0.3, -0.25) is 0 Å². The second kappa shape index (κ2) is 9.24. The summed E-state index contributed by atoms with van der Waals surface area (Å²) in [6.45, 7) is 1.65. The summed E-state index contributed by atoms with van der Waals surface area (Å²) in [5.41, 5.74) is 8.43. The number of carbonyl (C=O) groups is 1. The summed E-state index contributed by atoms with van der Waals surface area (Å²) in [4.78, 5) is 12.9. The average molecular weight is 500 g/mol. The van der Waals surface area contributed by atoms with Crippen LogP contribution in [0.5, 0.6) is 23.0 Å². The number of fused-ring (bicyclic) bond motifs is 2. The van der Waals surface area contributed by atoms with E-state index in [2.05, 4.69) is 6.07 Å². The van der Waals surface area contributed by atoms with E-state index in [1.165, 1.54) is 38.5 Å². The third kappa shape index (κ3) is 3.98. The number of rotatable bonds is 5. The Hall–Kier alpha value is -4.97. The highest BCUT2D eigenvalue weighted by molar-refractivity contribution is 5.96. The van der Waals surface area contributed by atoms with Crippen molar-refractivity contribution in [3.05, 3.63) is 94.3 Å². The number of furan rings is 1. The van der Waals surface area contributed by atoms with E-state index in [0.29, 0.717) is 44.9 Å². The molecule has 0 spiro atoms. The first kappa shape index (κ1) is 23.8. The van der Waals surface area contributed by atoms with Crippen LogP contribution in [0.15, 0.2) is 70.5 Å². The zero-order valence-corrected chi connectivity index (χ0v) is 20.1. The summed E-state index contributed by atoms with van der Waals surface area (Å²) in [6.07, 6.45) is 0. The van der Waals surface area contributed by atoms with E-state index in [4.69, 9.17) is 29.1 Å². The molecule has 37 heavy (non-hydrogen) atoms. The Morgan fingerprint density at radius 2 is 1.89 bits per heavy atom. The van der Waals surface area contributed by atoms with E-state index in [1.54, 1.807) is 31.2 Å². The summed E-state index contributed by atoms with van der Waals surface area (Å²) < 4.78 is 41.5. The number of nitrogens with two attached hydrogens (primary N) is 1. The summed E-state index contributed by atoms with van der Waals surface area (Å²) in [5.74, 6) is -0.500. The molecule has 0 aliphatic carbocycles. The number of para-hydroxylation sites is 1. The van der Waals surface area contributed by atoms with Crippen LogP contribution >= 0.6 is 0 Å². The molecule has 9 heteroatoms. The highest BCUT2D eigenvalue weighted by Crippen LogP contribution is 2.48. The van der Waals surface area contributed by atoms with Gasteiger partial charge in [0.2, 0.25) is 11.6 Å². The maximum atomic E-state index is 13.6. The number of hydrogen-bond acceptors (Lipinski definition) is 8. The van der Waals surface area contributed by atoms with Crippen LogP contribution in [0.4, 0.5) is 4.39 Å². The lowest BCUT2D eigenvalue weighted by Crippen LogP contribution is -2.21. The fourth-order valence-corrected chi connectivity index (χ4v) is 4.50. The summed E-state index contributed by atoms with van der Waals surface area (Å²) in [6, 6.07) is 16.3. The van der Waals surface area contributed by atoms with Crippen LogP contribution in [0.25, 0.3) is 11.0 Å². The topological polar surface area (TPSA) is 117 Å². The molecule has 2 N–H and O–H groups in total. The predicted molar refractivity (Wildman–Crippen MR) is 131 cm³/mol. The lowest BCUT2D eigenvalue weighted by Gasteiger charge is -2.28. The highest BCUT2D eigenvalue weighted by atomic mass is 19.1. The number of halogens is 1. The Morgan fingerprint density at radius 3 is 2.62 bits per heavy atom. The maximum Gasteiger partial charge on any atom is 0.379 e. The molecule has 1 aliphatic rings. The Kier molecular flexibility index (Phi) is 5.93. The first-order valence-electron chi connectivity index (χ1n) is 11.2. The molecule has 0 radical (unpaired) electrons. The van der Waals surface area contributed by atoms with Crippen molar-refractivity contribution in [3.8, 4) is 29.1 Å². The van der Waals surface area contributed by atoms with Gasteiger partial charge in [0, 0.05) is 28.1 Å². The van der Waals surface area contributed by atoms with Crippen molar-refractivity contribution in [1.82, 2.24) is 0 Å². The van der Waals surface area contributed by atoms with Crippen molar-refractivity contribution in [3.63, 3.8) is 0 Å². The van der Waals surface area contributed by atoms with Crippen molar-refractivity contribution in [2.75, 3.05) is 14.2 Å². The van der Waals surface area contributed by atoms with E-state index in [1.807, 2.05) is 6.07 Å². The van der Waals surface area contributed by atoms with E-state index in [0.717, 1.165) is 0 Å². The Morgan fingerprint density at radius 1 is 1.08 bits per heavy atom. The zero-order valence-electron chi connectivity index (χ0n) is 20.1. The smallest absolute Gasteiger partial charge is 0.379 e. The normalized spacial score (nSPS) is 14.5. The van der Waals surface area contributed by atoms with Gasteiger partial charge in [-0.1, -0.05) is 18.2 Å². The third-order valence-electron chi connectivity index (χ3n) is 6.23. The van der Waals surface area contributed by atoms with Gasteiger partial charge < -0.3 is 29.1 Å². The summed E-state index contributed by atoms with van der Waals surface area (Å²) >= 11 is 0. The van der Waals surface area contributed by atoms with E-state index >= 15 is 0 Å². The van der Waals surface area contributed by atoms with Gasteiger partial charge in [0.05, 0.1) is 20.1 Å². The lowest BCUT2D eigenvalue weighted by molar-refractivity contribution is 0.0702. The molecule has 4 aromatic rings. The molecule has 8 nitrogen and oxygen atoms in total. The molecule has 1 atom stereocenters. The Balaban J connectivity index is 1.53. The van der Waals surface area contributed by atoms with Crippen LogP contribution in [0.3, 0.4) is 0 Å². The lowest BCUT2D eigenvalue weighted by atomic mass is 9.83. The van der Waals surface area contributed by atoms with Crippen LogP contribution < -0.4 is 24.7 Å². The van der Waals surface area contributed by atoms with Crippen molar-refractivity contribution < 1.29 is 32.5 Å². The number of methoxy groups -OCH3 is 2. The van der Waals surface area contributed by atoms with Gasteiger partial charge in [-0.25, -0.2) is 9.18 Å². The number of hydrogen-bond donors (Lipinski definition) is 1. The SMILES string of the molecule is COc1cccc(C2C(C#N)=C(N)Oc3cc(OC(=O)c4oc5ccc(F)cc5c4C)ccc32)c1OC. The molecule has 186 valence electrons. The van der Waals surface area contributed by atoms with E-state index < -0.39 is 17.7 Å². The Bertz CT molecular complexity index is 1630. The fourth-order valence-electron chi connectivity index (χ4n) is 4.50. The summed E-state index contributed by atoms with van der Waals surface area (Å²) in [7, 11) is 3.04. The predicted octanol–water partition coefficient (Wildman–Crippen LogP) is 5.33. The molecule has 0 amide bonds. The molecular formula is C28H21FN2O6. The number of nitriles is 1. The number of benzene rings is 3. The minimum absolute atomic E-state index is 0.0376. The molecular weight excluding hydrogens is 479 g/mol. The monoisotopic (exact) mass is 500 g/mol. The largest absolute Gasteiger partial charge is 0.493 e. The standard InChI is InChI=1S/C28H21FN2O6/c1-14-19-11-15(29)7-10-21(19)36-25(14)28(32)35-16-8-9-17-23(12-16)37-27(31)20(13-30)24(17)18-5-4-6-22(33-2)26(18)34-3/h4-12,24H,31H2,1-3H3. The van der Waals surface area contributed by atoms with Crippen LogP contribution in [-0.2, 0) is 0 Å². The van der Waals surface area contributed by atoms with Gasteiger partial charge in [-0.2, -0.15) is 5.26 Å².